The number of nitrogens with zero attached hydrogens (tertiary/aromatic N) is 1. The second kappa shape index (κ2) is 6.75. The van der Waals surface area contributed by atoms with Crippen LogP contribution in [0.25, 0.3) is 0 Å². The molecule has 23 heavy (non-hydrogen) atoms. The van der Waals surface area contributed by atoms with Crippen LogP contribution in [0.2, 0.25) is 0 Å². The first-order valence-electron chi connectivity index (χ1n) is 7.33. The Kier molecular flexibility index (Phi) is 4.34. The molecular weight excluding hydrogens is 288 g/mol. The minimum atomic E-state index is -0.173. The quantitative estimate of drug-likeness (QED) is 0.731. The fraction of sp³-hybridized carbons (Fsp3) is 0.0526. The fourth-order valence-corrected chi connectivity index (χ4v) is 2.41. The molecule has 0 radical (unpaired) electrons. The van der Waals surface area contributed by atoms with Crippen LogP contribution < -0.4 is 4.90 Å². The molecule has 0 atom stereocenters. The van der Waals surface area contributed by atoms with Crippen LogP contribution in [0.4, 0.5) is 5.69 Å². The zero-order valence-corrected chi connectivity index (χ0v) is 12.5. The molecule has 0 saturated heterocycles. The lowest BCUT2D eigenvalue weighted by Crippen LogP contribution is -2.30. The van der Waals surface area contributed by atoms with Gasteiger partial charge in [-0.2, -0.15) is 0 Å². The van der Waals surface area contributed by atoms with Crippen LogP contribution >= 0.6 is 0 Å². The average Bonchev–Trinajstić information content (AvgIpc) is 3.10. The van der Waals surface area contributed by atoms with E-state index in [2.05, 4.69) is 4.98 Å². The Labute approximate surface area is 134 Å². The number of hydrogen-bond acceptors (Lipinski definition) is 2. The van der Waals surface area contributed by atoms with Crippen molar-refractivity contribution in [1.82, 2.24) is 4.98 Å². The normalized spacial score (nSPS) is 10.3. The number of rotatable bonds is 5. The number of H-pyrrole nitrogens is 1. The summed E-state index contributed by atoms with van der Waals surface area (Å²) in [4.78, 5) is 28.2. The van der Waals surface area contributed by atoms with E-state index in [4.69, 9.17) is 0 Å². The molecule has 114 valence electrons. The van der Waals surface area contributed by atoms with E-state index in [9.17, 15) is 9.59 Å². The molecule has 0 aliphatic carbocycles. The SMILES string of the molecule is O=Cc1ccc(C(=O)N(Cc2ccccc2)c2ccccc2)[nH]1. The molecule has 0 aliphatic heterocycles. The molecule has 0 bridgehead atoms. The summed E-state index contributed by atoms with van der Waals surface area (Å²) >= 11 is 0. The zero-order chi connectivity index (χ0) is 16.1. The van der Waals surface area contributed by atoms with Crippen molar-refractivity contribution < 1.29 is 9.59 Å². The van der Waals surface area contributed by atoms with Gasteiger partial charge in [-0.15, -0.1) is 0 Å². The number of aldehydes is 1. The van der Waals surface area contributed by atoms with Crippen molar-refractivity contribution >= 4 is 17.9 Å². The zero-order valence-electron chi connectivity index (χ0n) is 12.5. The lowest BCUT2D eigenvalue weighted by molar-refractivity contribution is 0.0981. The van der Waals surface area contributed by atoms with Crippen molar-refractivity contribution in [3.8, 4) is 0 Å². The number of aromatic nitrogens is 1. The summed E-state index contributed by atoms with van der Waals surface area (Å²) in [5, 5.41) is 0. The minimum Gasteiger partial charge on any atom is -0.348 e. The molecule has 0 fully saturated rings. The first kappa shape index (κ1) is 14.8. The van der Waals surface area contributed by atoms with E-state index in [0.29, 0.717) is 24.2 Å². The Morgan fingerprint density at radius 3 is 2.17 bits per heavy atom. The van der Waals surface area contributed by atoms with Crippen LogP contribution in [0.5, 0.6) is 0 Å². The molecule has 3 aromatic rings. The Hall–Kier alpha value is -3.14. The van der Waals surface area contributed by atoms with E-state index in [1.54, 1.807) is 17.0 Å². The maximum absolute atomic E-state index is 12.9. The Bertz CT molecular complexity index is 795. The molecule has 4 heteroatoms. The Morgan fingerprint density at radius 1 is 0.913 bits per heavy atom. The molecule has 3 rings (SSSR count). The van der Waals surface area contributed by atoms with Crippen molar-refractivity contribution in [3.05, 3.63) is 89.7 Å². The maximum atomic E-state index is 12.9. The fourth-order valence-electron chi connectivity index (χ4n) is 2.41. The van der Waals surface area contributed by atoms with E-state index >= 15 is 0 Å². The highest BCUT2D eigenvalue weighted by atomic mass is 16.2. The third-order valence-electron chi connectivity index (χ3n) is 3.56. The number of para-hydroxylation sites is 1. The van der Waals surface area contributed by atoms with Crippen molar-refractivity contribution in [2.75, 3.05) is 4.90 Å². The Morgan fingerprint density at radius 2 is 1.57 bits per heavy atom. The summed E-state index contributed by atoms with van der Waals surface area (Å²) in [6.45, 7) is 0.457. The minimum absolute atomic E-state index is 0.173. The topological polar surface area (TPSA) is 53.2 Å². The van der Waals surface area contributed by atoms with Gasteiger partial charge in [0, 0.05) is 5.69 Å². The van der Waals surface area contributed by atoms with Gasteiger partial charge in [-0.3, -0.25) is 9.59 Å². The summed E-state index contributed by atoms with van der Waals surface area (Å²) < 4.78 is 0. The smallest absolute Gasteiger partial charge is 0.275 e. The highest BCUT2D eigenvalue weighted by molar-refractivity contribution is 6.05. The van der Waals surface area contributed by atoms with E-state index < -0.39 is 0 Å². The first-order valence-corrected chi connectivity index (χ1v) is 7.33. The van der Waals surface area contributed by atoms with Gasteiger partial charge in [0.25, 0.3) is 5.91 Å². The number of anilines is 1. The largest absolute Gasteiger partial charge is 0.348 e. The summed E-state index contributed by atoms with van der Waals surface area (Å²) in [5.74, 6) is -0.173. The molecular formula is C19H16N2O2. The van der Waals surface area contributed by atoms with Crippen molar-refractivity contribution in [2.45, 2.75) is 6.54 Å². The molecule has 1 N–H and O–H groups in total. The van der Waals surface area contributed by atoms with Crippen LogP contribution in [-0.4, -0.2) is 17.2 Å². The molecule has 2 aromatic carbocycles. The Balaban J connectivity index is 1.94. The van der Waals surface area contributed by atoms with E-state index in [0.717, 1.165) is 11.3 Å². The van der Waals surface area contributed by atoms with Crippen molar-refractivity contribution in [2.24, 2.45) is 0 Å². The van der Waals surface area contributed by atoms with Gasteiger partial charge in [-0.05, 0) is 29.8 Å². The molecule has 0 saturated carbocycles. The summed E-state index contributed by atoms with van der Waals surface area (Å²) in [5.41, 5.74) is 2.63. The highest BCUT2D eigenvalue weighted by Crippen LogP contribution is 2.19. The van der Waals surface area contributed by atoms with Gasteiger partial charge in [0.2, 0.25) is 0 Å². The van der Waals surface area contributed by atoms with Gasteiger partial charge in [0.15, 0.2) is 6.29 Å². The standard InChI is InChI=1S/C19H16N2O2/c22-14-16-11-12-18(20-16)19(23)21(17-9-5-2-6-10-17)13-15-7-3-1-4-8-15/h1-12,14,20H,13H2. The molecule has 1 aromatic heterocycles. The molecule has 0 spiro atoms. The third-order valence-corrected chi connectivity index (χ3v) is 3.56. The van der Waals surface area contributed by atoms with E-state index in [-0.39, 0.29) is 5.91 Å². The van der Waals surface area contributed by atoms with Gasteiger partial charge < -0.3 is 9.88 Å². The molecule has 1 heterocycles. The van der Waals surface area contributed by atoms with Gasteiger partial charge >= 0.3 is 0 Å². The van der Waals surface area contributed by atoms with E-state index in [1.807, 2.05) is 60.7 Å². The number of benzene rings is 2. The molecule has 1 amide bonds. The number of carbonyl (C=O) groups excluding carboxylic acids is 2. The molecule has 0 unspecified atom stereocenters. The van der Waals surface area contributed by atoms with Gasteiger partial charge in [-0.25, -0.2) is 0 Å². The van der Waals surface area contributed by atoms with Crippen LogP contribution in [0.1, 0.15) is 26.5 Å². The summed E-state index contributed by atoms with van der Waals surface area (Å²) in [7, 11) is 0. The van der Waals surface area contributed by atoms with Crippen LogP contribution in [-0.2, 0) is 6.54 Å². The number of hydrogen-bond donors (Lipinski definition) is 1. The number of carbonyl (C=O) groups is 2. The first-order chi connectivity index (χ1) is 11.3. The molecule has 0 aliphatic rings. The van der Waals surface area contributed by atoms with Crippen molar-refractivity contribution in [1.29, 1.82) is 0 Å². The van der Waals surface area contributed by atoms with Crippen LogP contribution in [0.3, 0.4) is 0 Å². The number of nitrogens with one attached hydrogen (secondary N) is 1. The third kappa shape index (κ3) is 3.37. The van der Waals surface area contributed by atoms with Gasteiger partial charge in [-0.1, -0.05) is 48.5 Å². The second-order valence-electron chi connectivity index (χ2n) is 5.16. The lowest BCUT2D eigenvalue weighted by atomic mass is 10.2. The highest BCUT2D eigenvalue weighted by Gasteiger charge is 2.19. The predicted octanol–water partition coefficient (Wildman–Crippen LogP) is 3.67. The number of aromatic amines is 1. The predicted molar refractivity (Wildman–Crippen MR) is 89.6 cm³/mol. The maximum Gasteiger partial charge on any atom is 0.275 e. The second-order valence-corrected chi connectivity index (χ2v) is 5.16. The molecule has 4 nitrogen and oxygen atoms in total. The summed E-state index contributed by atoms with van der Waals surface area (Å²) in [6, 6.07) is 22.5. The van der Waals surface area contributed by atoms with Crippen LogP contribution in [0, 0.1) is 0 Å². The average molecular weight is 304 g/mol. The monoisotopic (exact) mass is 304 g/mol. The number of amides is 1. The van der Waals surface area contributed by atoms with Gasteiger partial charge in [0.05, 0.1) is 12.2 Å². The van der Waals surface area contributed by atoms with Crippen LogP contribution in [0.15, 0.2) is 72.8 Å². The van der Waals surface area contributed by atoms with Gasteiger partial charge in [0.1, 0.15) is 5.69 Å². The van der Waals surface area contributed by atoms with E-state index in [1.165, 1.54) is 0 Å². The summed E-state index contributed by atoms with van der Waals surface area (Å²) in [6.07, 6.45) is 0.695. The van der Waals surface area contributed by atoms with Crippen molar-refractivity contribution in [3.63, 3.8) is 0 Å². The lowest BCUT2D eigenvalue weighted by Gasteiger charge is -2.22.